The van der Waals surface area contributed by atoms with E-state index in [2.05, 4.69) is 20.9 Å². The van der Waals surface area contributed by atoms with Crippen LogP contribution in [0.1, 0.15) is 23.0 Å². The van der Waals surface area contributed by atoms with E-state index in [4.69, 9.17) is 4.74 Å². The van der Waals surface area contributed by atoms with Gasteiger partial charge >= 0.3 is 5.97 Å². The first-order valence-corrected chi connectivity index (χ1v) is 6.31. The predicted molar refractivity (Wildman–Crippen MR) is 71.9 cm³/mol. The molecule has 2 heterocycles. The Kier molecular flexibility index (Phi) is 3.30. The SMILES string of the molecule is CCOC(=O)c1c(C)[nH]c2c(=O)n(C)cc(Br)c12. The van der Waals surface area contributed by atoms with Gasteiger partial charge in [0, 0.05) is 28.8 Å². The van der Waals surface area contributed by atoms with Crippen LogP contribution in [0.15, 0.2) is 15.5 Å². The first kappa shape index (κ1) is 12.9. The Morgan fingerprint density at radius 2 is 2.22 bits per heavy atom. The minimum Gasteiger partial charge on any atom is -0.462 e. The number of carbonyl (C=O) groups is 1. The van der Waals surface area contributed by atoms with Crippen molar-refractivity contribution in [2.75, 3.05) is 6.61 Å². The van der Waals surface area contributed by atoms with E-state index in [9.17, 15) is 9.59 Å². The van der Waals surface area contributed by atoms with Crippen molar-refractivity contribution in [3.8, 4) is 0 Å². The summed E-state index contributed by atoms with van der Waals surface area (Å²) in [5.41, 5.74) is 1.28. The van der Waals surface area contributed by atoms with E-state index < -0.39 is 5.97 Å². The summed E-state index contributed by atoms with van der Waals surface area (Å²) in [4.78, 5) is 26.9. The molecule has 5 nitrogen and oxygen atoms in total. The van der Waals surface area contributed by atoms with E-state index in [1.807, 2.05) is 0 Å². The minimum atomic E-state index is -0.421. The Balaban J connectivity index is 2.83. The third-order valence-corrected chi connectivity index (χ3v) is 3.35. The van der Waals surface area contributed by atoms with E-state index in [0.717, 1.165) is 0 Å². The number of nitrogens with zero attached hydrogens (tertiary/aromatic N) is 1. The van der Waals surface area contributed by atoms with Crippen molar-refractivity contribution in [1.29, 1.82) is 0 Å². The number of ether oxygens (including phenoxy) is 1. The third-order valence-electron chi connectivity index (χ3n) is 2.75. The van der Waals surface area contributed by atoms with E-state index in [1.165, 1.54) is 4.57 Å². The fourth-order valence-corrected chi connectivity index (χ4v) is 2.66. The number of hydrogen-bond donors (Lipinski definition) is 1. The van der Waals surface area contributed by atoms with Crippen LogP contribution in [-0.2, 0) is 11.8 Å². The summed E-state index contributed by atoms with van der Waals surface area (Å²) < 4.78 is 7.15. The molecule has 2 rings (SSSR count). The normalized spacial score (nSPS) is 10.9. The summed E-state index contributed by atoms with van der Waals surface area (Å²) in [6, 6.07) is 0. The highest BCUT2D eigenvalue weighted by atomic mass is 79.9. The number of rotatable bonds is 2. The molecule has 0 aliphatic carbocycles. The van der Waals surface area contributed by atoms with E-state index >= 15 is 0 Å². The van der Waals surface area contributed by atoms with Crippen molar-refractivity contribution in [2.24, 2.45) is 7.05 Å². The van der Waals surface area contributed by atoms with Crippen molar-refractivity contribution < 1.29 is 9.53 Å². The van der Waals surface area contributed by atoms with Gasteiger partial charge in [-0.1, -0.05) is 0 Å². The van der Waals surface area contributed by atoms with Gasteiger partial charge in [0.2, 0.25) is 0 Å². The van der Waals surface area contributed by atoms with Gasteiger partial charge in [0.05, 0.1) is 12.2 Å². The average Bonchev–Trinajstić information content (AvgIpc) is 2.64. The second-order valence-electron chi connectivity index (χ2n) is 3.99. The van der Waals surface area contributed by atoms with Gasteiger partial charge in [-0.2, -0.15) is 0 Å². The minimum absolute atomic E-state index is 0.174. The van der Waals surface area contributed by atoms with Crippen LogP contribution >= 0.6 is 15.9 Å². The third kappa shape index (κ3) is 1.86. The van der Waals surface area contributed by atoms with Crippen molar-refractivity contribution >= 4 is 32.8 Å². The van der Waals surface area contributed by atoms with Gasteiger partial charge in [-0.05, 0) is 29.8 Å². The molecule has 0 saturated carbocycles. The smallest absolute Gasteiger partial charge is 0.340 e. The van der Waals surface area contributed by atoms with Crippen LogP contribution in [0.3, 0.4) is 0 Å². The van der Waals surface area contributed by atoms with Crippen LogP contribution in [0.5, 0.6) is 0 Å². The van der Waals surface area contributed by atoms with Crippen LogP contribution in [0.25, 0.3) is 10.9 Å². The fourth-order valence-electron chi connectivity index (χ4n) is 1.95. The Hall–Kier alpha value is -1.56. The number of fused-ring (bicyclic) bond motifs is 1. The number of aromatic amines is 1. The number of aryl methyl sites for hydroxylation is 2. The summed E-state index contributed by atoms with van der Waals surface area (Å²) in [6.45, 7) is 3.79. The Labute approximate surface area is 112 Å². The maximum Gasteiger partial charge on any atom is 0.340 e. The summed E-state index contributed by atoms with van der Waals surface area (Å²) in [5.74, 6) is -0.421. The first-order chi connectivity index (χ1) is 8.47. The molecule has 2 aromatic heterocycles. The van der Waals surface area contributed by atoms with E-state index in [0.29, 0.717) is 33.2 Å². The Bertz CT molecular complexity index is 685. The quantitative estimate of drug-likeness (QED) is 0.864. The van der Waals surface area contributed by atoms with Gasteiger partial charge < -0.3 is 14.3 Å². The highest BCUT2D eigenvalue weighted by molar-refractivity contribution is 9.10. The highest BCUT2D eigenvalue weighted by Crippen LogP contribution is 2.27. The molecule has 0 aliphatic heterocycles. The predicted octanol–water partition coefficient (Wildman–Crippen LogP) is 2.11. The molecule has 0 aliphatic rings. The topological polar surface area (TPSA) is 64.1 Å². The molecule has 0 bridgehead atoms. The van der Waals surface area contributed by atoms with E-state index in [-0.39, 0.29) is 5.56 Å². The molecule has 96 valence electrons. The number of nitrogens with one attached hydrogen (secondary N) is 1. The van der Waals surface area contributed by atoms with Crippen LogP contribution in [0.2, 0.25) is 0 Å². The van der Waals surface area contributed by atoms with Crippen LogP contribution < -0.4 is 5.56 Å². The summed E-state index contributed by atoms with van der Waals surface area (Å²) >= 11 is 3.38. The van der Waals surface area contributed by atoms with Crippen LogP contribution in [-0.4, -0.2) is 22.1 Å². The lowest BCUT2D eigenvalue weighted by Gasteiger charge is -2.04. The maximum absolute atomic E-state index is 12.0. The van der Waals surface area contributed by atoms with Crippen LogP contribution in [0, 0.1) is 6.92 Å². The maximum atomic E-state index is 12.0. The molecule has 0 unspecified atom stereocenters. The van der Waals surface area contributed by atoms with Gasteiger partial charge in [0.15, 0.2) is 0 Å². The average molecular weight is 313 g/mol. The molecular weight excluding hydrogens is 300 g/mol. The molecule has 0 radical (unpaired) electrons. The zero-order valence-electron chi connectivity index (χ0n) is 10.3. The van der Waals surface area contributed by atoms with Gasteiger partial charge in [0.25, 0.3) is 5.56 Å². The lowest BCUT2D eigenvalue weighted by molar-refractivity contribution is 0.0528. The largest absolute Gasteiger partial charge is 0.462 e. The van der Waals surface area contributed by atoms with Gasteiger partial charge in [-0.15, -0.1) is 0 Å². The number of H-pyrrole nitrogens is 1. The van der Waals surface area contributed by atoms with Gasteiger partial charge in [0.1, 0.15) is 5.52 Å². The standard InChI is InChI=1S/C12H13BrN2O3/c1-4-18-12(17)8-6(2)14-10-9(8)7(13)5-15(3)11(10)16/h5,14H,4H2,1-3H3. The second kappa shape index (κ2) is 4.61. The molecule has 0 aromatic carbocycles. The number of halogens is 1. The molecule has 6 heteroatoms. The number of esters is 1. The first-order valence-electron chi connectivity index (χ1n) is 5.51. The Morgan fingerprint density at radius 3 is 2.83 bits per heavy atom. The molecule has 0 saturated heterocycles. The Morgan fingerprint density at radius 1 is 1.56 bits per heavy atom. The number of hydrogen-bond acceptors (Lipinski definition) is 3. The van der Waals surface area contributed by atoms with Gasteiger partial charge in [-0.3, -0.25) is 4.79 Å². The van der Waals surface area contributed by atoms with E-state index in [1.54, 1.807) is 27.1 Å². The molecule has 0 fully saturated rings. The molecule has 18 heavy (non-hydrogen) atoms. The summed E-state index contributed by atoms with van der Waals surface area (Å²) in [5, 5.41) is 0.578. The number of carbonyl (C=O) groups excluding carboxylic acids is 1. The summed E-state index contributed by atoms with van der Waals surface area (Å²) in [7, 11) is 1.66. The monoisotopic (exact) mass is 312 g/mol. The van der Waals surface area contributed by atoms with Crippen LogP contribution in [0.4, 0.5) is 0 Å². The fraction of sp³-hybridized carbons (Fsp3) is 0.333. The lowest BCUT2D eigenvalue weighted by atomic mass is 10.1. The second-order valence-corrected chi connectivity index (χ2v) is 4.84. The zero-order valence-corrected chi connectivity index (χ0v) is 11.9. The van der Waals surface area contributed by atoms with Gasteiger partial charge in [-0.25, -0.2) is 4.79 Å². The molecule has 0 amide bonds. The lowest BCUT2D eigenvalue weighted by Crippen LogP contribution is -2.16. The molecule has 0 atom stereocenters. The molecular formula is C12H13BrN2O3. The number of aromatic nitrogens is 2. The molecule has 0 spiro atoms. The summed E-state index contributed by atoms with van der Waals surface area (Å²) in [6.07, 6.45) is 1.64. The number of pyridine rings is 1. The molecule has 1 N–H and O–H groups in total. The van der Waals surface area contributed by atoms with Crippen molar-refractivity contribution in [1.82, 2.24) is 9.55 Å². The zero-order chi connectivity index (χ0) is 13.4. The highest BCUT2D eigenvalue weighted by Gasteiger charge is 2.21. The van der Waals surface area contributed by atoms with Crippen molar-refractivity contribution in [3.63, 3.8) is 0 Å². The molecule has 2 aromatic rings. The van der Waals surface area contributed by atoms with Crippen molar-refractivity contribution in [3.05, 3.63) is 32.3 Å². The van der Waals surface area contributed by atoms with Crippen molar-refractivity contribution in [2.45, 2.75) is 13.8 Å².